The Balaban J connectivity index is 1.27. The van der Waals surface area contributed by atoms with Crippen molar-refractivity contribution in [1.29, 1.82) is 0 Å². The average molecular weight is 729 g/mol. The molecule has 0 saturated carbocycles. The molecule has 13 nitrogen and oxygen atoms in total. The molecule has 1 saturated heterocycles. The first-order chi connectivity index (χ1) is 24.7. The summed E-state index contributed by atoms with van der Waals surface area (Å²) in [6.07, 6.45) is 5.47. The lowest BCUT2D eigenvalue weighted by Gasteiger charge is -2.27. The van der Waals surface area contributed by atoms with Gasteiger partial charge in [0.25, 0.3) is 10.0 Å². The van der Waals surface area contributed by atoms with Crippen LogP contribution >= 0.6 is 0 Å². The van der Waals surface area contributed by atoms with Crippen molar-refractivity contribution in [3.8, 4) is 17.1 Å². The van der Waals surface area contributed by atoms with E-state index in [-0.39, 0.29) is 46.5 Å². The summed E-state index contributed by atoms with van der Waals surface area (Å²) in [5, 5.41) is 13.0. The lowest BCUT2D eigenvalue weighted by molar-refractivity contribution is 0.00183. The van der Waals surface area contributed by atoms with Crippen molar-refractivity contribution in [2.45, 2.75) is 89.3 Å². The van der Waals surface area contributed by atoms with Crippen LogP contribution < -0.4 is 14.8 Å². The van der Waals surface area contributed by atoms with Gasteiger partial charge in [-0.15, -0.1) is 0 Å². The number of fused-ring (bicyclic) bond motifs is 1. The van der Waals surface area contributed by atoms with Crippen LogP contribution in [0.1, 0.15) is 79.4 Å². The molecule has 0 radical (unpaired) electrons. The van der Waals surface area contributed by atoms with Gasteiger partial charge in [-0.3, -0.25) is 0 Å². The van der Waals surface area contributed by atoms with Crippen molar-refractivity contribution in [1.82, 2.24) is 25.3 Å². The summed E-state index contributed by atoms with van der Waals surface area (Å²) in [7, 11) is -4.26. The van der Waals surface area contributed by atoms with E-state index in [0.717, 1.165) is 53.5 Å². The van der Waals surface area contributed by atoms with Gasteiger partial charge in [-0.1, -0.05) is 45.0 Å². The topological polar surface area (TPSA) is 179 Å². The van der Waals surface area contributed by atoms with Gasteiger partial charge in [0.2, 0.25) is 17.5 Å². The van der Waals surface area contributed by atoms with Crippen LogP contribution in [0.3, 0.4) is 0 Å². The minimum absolute atomic E-state index is 0.0474. The highest BCUT2D eigenvalue weighted by Gasteiger charge is 2.24. The van der Waals surface area contributed by atoms with E-state index < -0.39 is 16.0 Å². The smallest absolute Gasteiger partial charge is 0.335 e. The number of aromatic nitrogens is 4. The van der Waals surface area contributed by atoms with E-state index >= 15 is 0 Å². The number of sulfonamides is 1. The zero-order chi connectivity index (χ0) is 37.0. The van der Waals surface area contributed by atoms with Crippen LogP contribution in [-0.4, -0.2) is 64.8 Å². The summed E-state index contributed by atoms with van der Waals surface area (Å²) in [5.74, 6) is -0.481. The first-order valence-electron chi connectivity index (χ1n) is 17.3. The molecule has 2 aromatic carbocycles. The minimum Gasteiger partial charge on any atom is -0.478 e. The summed E-state index contributed by atoms with van der Waals surface area (Å²) < 4.78 is 47.7. The first kappa shape index (κ1) is 36.9. The van der Waals surface area contributed by atoms with Gasteiger partial charge in [-0.2, -0.15) is 4.98 Å². The molecular formula is C38H44N6O7S. The van der Waals surface area contributed by atoms with Crippen LogP contribution in [0.5, 0.6) is 5.88 Å². The zero-order valence-electron chi connectivity index (χ0n) is 30.0. The Morgan fingerprint density at radius 1 is 1.04 bits per heavy atom. The molecule has 0 amide bonds. The second kappa shape index (κ2) is 15.4. The van der Waals surface area contributed by atoms with Gasteiger partial charge in [-0.05, 0) is 68.9 Å². The largest absolute Gasteiger partial charge is 0.478 e. The van der Waals surface area contributed by atoms with E-state index in [1.54, 1.807) is 12.3 Å². The third-order valence-electron chi connectivity index (χ3n) is 8.91. The zero-order valence-corrected chi connectivity index (χ0v) is 30.8. The molecule has 2 atom stereocenters. The second-order valence-electron chi connectivity index (χ2n) is 14.1. The lowest BCUT2D eigenvalue weighted by Crippen LogP contribution is -2.39. The number of rotatable bonds is 13. The predicted molar refractivity (Wildman–Crippen MR) is 196 cm³/mol. The molecule has 0 unspecified atom stereocenters. The molecule has 4 heterocycles. The predicted octanol–water partition coefficient (Wildman–Crippen LogP) is 6.59. The summed E-state index contributed by atoms with van der Waals surface area (Å²) >= 11 is 0. The molecule has 52 heavy (non-hydrogen) atoms. The Morgan fingerprint density at radius 3 is 2.52 bits per heavy atom. The highest BCUT2D eigenvalue weighted by atomic mass is 32.2. The molecular weight excluding hydrogens is 685 g/mol. The van der Waals surface area contributed by atoms with Gasteiger partial charge in [0.1, 0.15) is 17.9 Å². The number of anilines is 1. The van der Waals surface area contributed by atoms with E-state index in [9.17, 15) is 18.3 Å². The number of carboxylic acids is 1. The Hall–Kier alpha value is -4.92. The number of nitrogens with zero attached hydrogens (tertiary/aromatic N) is 4. The van der Waals surface area contributed by atoms with Crippen LogP contribution in [0.2, 0.25) is 0 Å². The molecule has 1 aliphatic heterocycles. The maximum absolute atomic E-state index is 13.4. The van der Waals surface area contributed by atoms with E-state index in [2.05, 4.69) is 45.8 Å². The number of aromatic carboxylic acids is 1. The molecule has 5 aromatic rings. The molecule has 3 N–H and O–H groups in total. The molecule has 274 valence electrons. The molecule has 0 bridgehead atoms. The number of furan rings is 1. The normalized spacial score (nSPS) is 15.8. The fourth-order valence-electron chi connectivity index (χ4n) is 6.14. The molecule has 1 fully saturated rings. The fraction of sp³-hybridized carbons (Fsp3) is 0.395. The van der Waals surface area contributed by atoms with Crippen LogP contribution in [0.25, 0.3) is 22.5 Å². The van der Waals surface area contributed by atoms with Crippen molar-refractivity contribution < 1.29 is 32.2 Å². The van der Waals surface area contributed by atoms with Crippen LogP contribution in [0.15, 0.2) is 70.1 Å². The molecule has 1 aliphatic rings. The Bertz CT molecular complexity index is 2150. The summed E-state index contributed by atoms with van der Waals surface area (Å²) in [6.45, 7) is 11.4. The number of carbonyl (C=O) groups is 1. The first-order valence-corrected chi connectivity index (χ1v) is 18.8. The Morgan fingerprint density at radius 2 is 1.81 bits per heavy atom. The van der Waals surface area contributed by atoms with Crippen LogP contribution in [0.4, 0.5) is 5.95 Å². The fourth-order valence-corrected chi connectivity index (χ4v) is 7.13. The number of aryl methyl sites for hydroxylation is 2. The van der Waals surface area contributed by atoms with Crippen molar-refractivity contribution in [3.05, 3.63) is 88.9 Å². The number of hydrogen-bond donors (Lipinski definition) is 3. The van der Waals surface area contributed by atoms with Crippen molar-refractivity contribution in [3.63, 3.8) is 0 Å². The maximum Gasteiger partial charge on any atom is 0.335 e. The summed E-state index contributed by atoms with van der Waals surface area (Å²) in [4.78, 5) is 29.6. The Labute approximate surface area is 303 Å². The summed E-state index contributed by atoms with van der Waals surface area (Å²) in [5.41, 5.74) is 4.75. The van der Waals surface area contributed by atoms with E-state index in [1.165, 1.54) is 18.2 Å². The monoisotopic (exact) mass is 728 g/mol. The van der Waals surface area contributed by atoms with Gasteiger partial charge >= 0.3 is 5.97 Å². The van der Waals surface area contributed by atoms with E-state index in [0.29, 0.717) is 36.5 Å². The second-order valence-corrected chi connectivity index (χ2v) is 15.8. The quantitative estimate of drug-likeness (QED) is 0.119. The highest BCUT2D eigenvalue weighted by Crippen LogP contribution is 2.30. The van der Waals surface area contributed by atoms with Crippen LogP contribution in [-0.2, 0) is 26.7 Å². The van der Waals surface area contributed by atoms with Gasteiger partial charge in [0.05, 0.1) is 34.1 Å². The Kier molecular flexibility index (Phi) is 10.9. The molecule has 3 aromatic heterocycles. The third kappa shape index (κ3) is 8.92. The van der Waals surface area contributed by atoms with E-state index in [4.69, 9.17) is 18.9 Å². The van der Waals surface area contributed by atoms with Gasteiger partial charge in [0, 0.05) is 42.3 Å². The number of nitrogens with one attached hydrogen (secondary N) is 2. The number of ether oxygens (including phenoxy) is 2. The molecule has 6 rings (SSSR count). The third-order valence-corrected chi connectivity index (χ3v) is 10.2. The molecule has 0 spiro atoms. The SMILES string of the molecule is Cc1cccc(C)c1-c1cc(OC[C@@H](C[C@H]2CCCCO2)NCc2cnc3oc(C(C)(C)C)cc3n2)nc(NS(=O)(=O)c2cccc(C(=O)O)c2)n1. The van der Waals surface area contributed by atoms with Gasteiger partial charge in [0.15, 0.2) is 0 Å². The highest BCUT2D eigenvalue weighted by molar-refractivity contribution is 7.92. The van der Waals surface area contributed by atoms with Crippen molar-refractivity contribution >= 4 is 33.2 Å². The maximum atomic E-state index is 13.4. The minimum atomic E-state index is -4.26. The number of hydrogen-bond acceptors (Lipinski definition) is 11. The van der Waals surface area contributed by atoms with Crippen LogP contribution in [0, 0.1) is 13.8 Å². The van der Waals surface area contributed by atoms with Crippen molar-refractivity contribution in [2.75, 3.05) is 17.9 Å². The van der Waals surface area contributed by atoms with Crippen molar-refractivity contribution in [2.24, 2.45) is 0 Å². The van der Waals surface area contributed by atoms with Gasteiger partial charge in [-0.25, -0.2) is 32.9 Å². The molecule has 0 aliphatic carbocycles. The van der Waals surface area contributed by atoms with E-state index in [1.807, 2.05) is 38.1 Å². The average Bonchev–Trinajstić information content (AvgIpc) is 3.54. The lowest BCUT2D eigenvalue weighted by atomic mass is 9.93. The number of carboxylic acid groups (broad SMARTS) is 1. The van der Waals surface area contributed by atoms with Gasteiger partial charge < -0.3 is 24.3 Å². The standard InChI is InChI=1S/C38H44N6O7S/c1-23-10-8-11-24(2)34(23)30-19-33(43-37(42-30)44-52(47,48)29-14-9-12-25(16-29)36(45)46)50-22-26(17-28-13-6-7-15-49-28)39-20-27-21-40-35-31(41-27)18-32(51-35)38(3,4)5/h8-12,14,16,18-19,21,26,28,39H,6-7,13,15,17,20,22H2,1-5H3,(H,45,46)(H,42,43,44)/t26-,28-/m1/s1. The number of benzene rings is 2. The molecule has 14 heteroatoms. The summed E-state index contributed by atoms with van der Waals surface area (Å²) in [6, 6.07) is 14.3.